The third-order valence-electron chi connectivity index (χ3n) is 3.25. The Labute approximate surface area is 113 Å². The summed E-state index contributed by atoms with van der Waals surface area (Å²) in [6, 6.07) is 5.42. The lowest BCUT2D eigenvalue weighted by atomic mass is 9.99. The maximum Gasteiger partial charge on any atom is 0.251 e. The number of amides is 1. The summed E-state index contributed by atoms with van der Waals surface area (Å²) in [7, 11) is 0. The fourth-order valence-electron chi connectivity index (χ4n) is 2.30. The second kappa shape index (κ2) is 6.21. The molecule has 1 heterocycles. The molecule has 1 amide bonds. The van der Waals surface area contributed by atoms with Gasteiger partial charge in [0.2, 0.25) is 0 Å². The third-order valence-corrected chi connectivity index (χ3v) is 3.47. The number of piperidine rings is 1. The summed E-state index contributed by atoms with van der Waals surface area (Å²) in [6.07, 6.45) is 2.37. The molecule has 0 radical (unpaired) electrons. The van der Waals surface area contributed by atoms with Crippen LogP contribution in [-0.4, -0.2) is 25.5 Å². The lowest BCUT2D eigenvalue weighted by molar-refractivity contribution is 0.0944. The van der Waals surface area contributed by atoms with Gasteiger partial charge in [-0.2, -0.15) is 0 Å². The largest absolute Gasteiger partial charge is 0.352 e. The average Bonchev–Trinajstić information content (AvgIpc) is 2.36. The van der Waals surface area contributed by atoms with Gasteiger partial charge in [-0.05, 0) is 62.5 Å². The highest BCUT2D eigenvalue weighted by atomic mass is 35.5. The van der Waals surface area contributed by atoms with Crippen molar-refractivity contribution in [3.63, 3.8) is 0 Å². The topological polar surface area (TPSA) is 41.1 Å². The van der Waals surface area contributed by atoms with Crippen molar-refractivity contribution in [2.24, 2.45) is 5.92 Å². The number of carbonyl (C=O) groups excluding carboxylic acids is 1. The van der Waals surface area contributed by atoms with Crippen LogP contribution in [0, 0.1) is 12.8 Å². The second-order valence-electron chi connectivity index (χ2n) is 4.94. The summed E-state index contributed by atoms with van der Waals surface area (Å²) in [5, 5.41) is 6.94. The maximum absolute atomic E-state index is 12.0. The van der Waals surface area contributed by atoms with Crippen molar-refractivity contribution in [2.45, 2.75) is 19.8 Å². The molecule has 98 valence electrons. The highest BCUT2D eigenvalue weighted by molar-refractivity contribution is 6.31. The number of hydrogen-bond donors (Lipinski definition) is 2. The molecule has 0 saturated carbocycles. The van der Waals surface area contributed by atoms with Crippen LogP contribution in [0.2, 0.25) is 5.02 Å². The minimum absolute atomic E-state index is 0.0360. The van der Waals surface area contributed by atoms with Crippen molar-refractivity contribution in [3.8, 4) is 0 Å². The van der Waals surface area contributed by atoms with Gasteiger partial charge in [-0.3, -0.25) is 4.79 Å². The highest BCUT2D eigenvalue weighted by Gasteiger charge is 2.14. The number of hydrogen-bond acceptors (Lipinski definition) is 2. The van der Waals surface area contributed by atoms with E-state index in [4.69, 9.17) is 11.6 Å². The average molecular weight is 267 g/mol. The second-order valence-corrected chi connectivity index (χ2v) is 5.38. The molecule has 0 spiro atoms. The fourth-order valence-corrected chi connectivity index (χ4v) is 2.59. The fraction of sp³-hybridized carbons (Fsp3) is 0.500. The molecule has 0 bridgehead atoms. The van der Waals surface area contributed by atoms with Gasteiger partial charge in [-0.15, -0.1) is 0 Å². The Morgan fingerprint density at radius 2 is 2.33 bits per heavy atom. The SMILES string of the molecule is Cc1cc(Cl)cc(C(=O)NCC2CCCNC2)c1. The number of nitrogens with one attached hydrogen (secondary N) is 2. The molecule has 1 aliphatic heterocycles. The van der Waals surface area contributed by atoms with Crippen molar-refractivity contribution in [1.82, 2.24) is 10.6 Å². The van der Waals surface area contributed by atoms with Gasteiger partial charge < -0.3 is 10.6 Å². The van der Waals surface area contributed by atoms with E-state index in [1.54, 1.807) is 6.07 Å². The first-order chi connectivity index (χ1) is 8.65. The maximum atomic E-state index is 12.0. The van der Waals surface area contributed by atoms with E-state index in [1.165, 1.54) is 12.8 Å². The van der Waals surface area contributed by atoms with Gasteiger partial charge in [-0.1, -0.05) is 11.6 Å². The van der Waals surface area contributed by atoms with Crippen LogP contribution in [0.5, 0.6) is 0 Å². The molecule has 2 N–H and O–H groups in total. The van der Waals surface area contributed by atoms with Crippen LogP contribution in [0.4, 0.5) is 0 Å². The summed E-state index contributed by atoms with van der Waals surface area (Å²) in [5.74, 6) is 0.508. The lowest BCUT2D eigenvalue weighted by Crippen LogP contribution is -2.38. The predicted molar refractivity (Wildman–Crippen MR) is 74.1 cm³/mol. The van der Waals surface area contributed by atoms with Gasteiger partial charge in [0.05, 0.1) is 0 Å². The number of aryl methyl sites for hydroxylation is 1. The van der Waals surface area contributed by atoms with Crippen LogP contribution in [0.15, 0.2) is 18.2 Å². The minimum atomic E-state index is -0.0360. The molecule has 1 aromatic carbocycles. The van der Waals surface area contributed by atoms with Crippen molar-refractivity contribution in [3.05, 3.63) is 34.3 Å². The van der Waals surface area contributed by atoms with E-state index in [9.17, 15) is 4.79 Å². The third kappa shape index (κ3) is 3.72. The Morgan fingerprint density at radius 3 is 3.00 bits per heavy atom. The number of halogens is 1. The molecule has 3 nitrogen and oxygen atoms in total. The first-order valence-electron chi connectivity index (χ1n) is 6.41. The molecule has 18 heavy (non-hydrogen) atoms. The first-order valence-corrected chi connectivity index (χ1v) is 6.79. The predicted octanol–water partition coefficient (Wildman–Crippen LogP) is 2.38. The van der Waals surface area contributed by atoms with Crippen LogP contribution < -0.4 is 10.6 Å². The van der Waals surface area contributed by atoms with Gasteiger partial charge in [0.1, 0.15) is 0 Å². The molecule has 4 heteroatoms. The zero-order chi connectivity index (χ0) is 13.0. The van der Waals surface area contributed by atoms with Gasteiger partial charge in [-0.25, -0.2) is 0 Å². The van der Waals surface area contributed by atoms with Crippen molar-refractivity contribution in [1.29, 1.82) is 0 Å². The van der Waals surface area contributed by atoms with Gasteiger partial charge in [0.25, 0.3) is 5.91 Å². The molecule has 1 unspecified atom stereocenters. The monoisotopic (exact) mass is 266 g/mol. The standard InChI is InChI=1S/C14H19ClN2O/c1-10-5-12(7-13(15)6-10)14(18)17-9-11-3-2-4-16-8-11/h5-7,11,16H,2-4,8-9H2,1H3,(H,17,18). The summed E-state index contributed by atoms with van der Waals surface area (Å²) >= 11 is 5.95. The molecule has 1 saturated heterocycles. The van der Waals surface area contributed by atoms with E-state index < -0.39 is 0 Å². The van der Waals surface area contributed by atoms with E-state index >= 15 is 0 Å². The Hall–Kier alpha value is -1.06. The quantitative estimate of drug-likeness (QED) is 0.882. The van der Waals surface area contributed by atoms with Crippen LogP contribution >= 0.6 is 11.6 Å². The molecule has 1 aliphatic rings. The Balaban J connectivity index is 1.90. The first kappa shape index (κ1) is 13.4. The van der Waals surface area contributed by atoms with E-state index in [2.05, 4.69) is 10.6 Å². The van der Waals surface area contributed by atoms with E-state index in [-0.39, 0.29) is 5.91 Å². The molecule has 0 aliphatic carbocycles. The van der Waals surface area contributed by atoms with E-state index in [1.807, 2.05) is 19.1 Å². The van der Waals surface area contributed by atoms with Crippen molar-refractivity contribution >= 4 is 17.5 Å². The zero-order valence-electron chi connectivity index (χ0n) is 10.6. The van der Waals surface area contributed by atoms with E-state index in [0.29, 0.717) is 16.5 Å². The normalized spacial score (nSPS) is 19.6. The molecule has 0 aromatic heterocycles. The molecular weight excluding hydrogens is 248 g/mol. The van der Waals surface area contributed by atoms with Gasteiger partial charge in [0.15, 0.2) is 0 Å². The van der Waals surface area contributed by atoms with E-state index in [0.717, 1.165) is 25.2 Å². The summed E-state index contributed by atoms with van der Waals surface area (Å²) in [4.78, 5) is 12.0. The lowest BCUT2D eigenvalue weighted by Gasteiger charge is -2.22. The van der Waals surface area contributed by atoms with Crippen molar-refractivity contribution < 1.29 is 4.79 Å². The molecule has 1 aromatic rings. The summed E-state index contributed by atoms with van der Waals surface area (Å²) in [5.41, 5.74) is 1.65. The Bertz CT molecular complexity index is 408. The summed E-state index contributed by atoms with van der Waals surface area (Å²) in [6.45, 7) is 4.76. The van der Waals surface area contributed by atoms with Crippen molar-refractivity contribution in [2.75, 3.05) is 19.6 Å². The van der Waals surface area contributed by atoms with Crippen LogP contribution in [0.3, 0.4) is 0 Å². The van der Waals surface area contributed by atoms with Crippen LogP contribution in [-0.2, 0) is 0 Å². The Kier molecular flexibility index (Phi) is 4.61. The van der Waals surface area contributed by atoms with Gasteiger partial charge >= 0.3 is 0 Å². The molecule has 1 atom stereocenters. The number of rotatable bonds is 3. The molecule has 2 rings (SSSR count). The number of carbonyl (C=O) groups is 1. The Morgan fingerprint density at radius 1 is 1.50 bits per heavy atom. The van der Waals surface area contributed by atoms with Crippen LogP contribution in [0.25, 0.3) is 0 Å². The molecule has 1 fully saturated rings. The number of benzene rings is 1. The van der Waals surface area contributed by atoms with Crippen LogP contribution in [0.1, 0.15) is 28.8 Å². The molecular formula is C14H19ClN2O. The van der Waals surface area contributed by atoms with Gasteiger partial charge in [0, 0.05) is 17.1 Å². The minimum Gasteiger partial charge on any atom is -0.352 e. The summed E-state index contributed by atoms with van der Waals surface area (Å²) < 4.78 is 0. The zero-order valence-corrected chi connectivity index (χ0v) is 11.4. The highest BCUT2D eigenvalue weighted by Crippen LogP contribution is 2.15. The smallest absolute Gasteiger partial charge is 0.251 e.